The molecule has 1 N–H and O–H groups in total. The highest BCUT2D eigenvalue weighted by atomic mass is 16.5. The van der Waals surface area contributed by atoms with Crippen LogP contribution in [-0.4, -0.2) is 75.8 Å². The van der Waals surface area contributed by atoms with E-state index < -0.39 is 0 Å². The van der Waals surface area contributed by atoms with Crippen molar-refractivity contribution in [2.45, 2.75) is 32.2 Å². The van der Waals surface area contributed by atoms with Crippen LogP contribution in [0.1, 0.15) is 25.1 Å². The lowest BCUT2D eigenvalue weighted by Crippen LogP contribution is -2.54. The minimum atomic E-state index is -0.246. The van der Waals surface area contributed by atoms with E-state index in [9.17, 15) is 14.4 Å². The molecule has 3 aliphatic rings. The zero-order chi connectivity index (χ0) is 18.1. The first-order chi connectivity index (χ1) is 12.6. The fraction of sp³-hybridized carbons (Fsp3) is 0.765. The summed E-state index contributed by atoms with van der Waals surface area (Å²) >= 11 is 0. The number of hydrogen-bond donors (Lipinski definition) is 1. The van der Waals surface area contributed by atoms with Crippen LogP contribution in [-0.2, 0) is 27.3 Å². The van der Waals surface area contributed by atoms with Gasteiger partial charge in [-0.15, -0.1) is 0 Å². The quantitative estimate of drug-likeness (QED) is 0.744. The van der Waals surface area contributed by atoms with Gasteiger partial charge in [-0.2, -0.15) is 5.10 Å². The first kappa shape index (κ1) is 17.3. The van der Waals surface area contributed by atoms with Crippen molar-refractivity contribution in [3.8, 4) is 0 Å². The molecule has 9 heteroatoms. The van der Waals surface area contributed by atoms with Crippen LogP contribution < -0.4 is 5.69 Å². The van der Waals surface area contributed by atoms with Crippen molar-refractivity contribution in [2.75, 3.05) is 39.4 Å². The number of carbonyl (C=O) groups excluding carboxylic acids is 2. The number of aryl methyl sites for hydroxylation is 1. The number of amides is 2. The van der Waals surface area contributed by atoms with Gasteiger partial charge < -0.3 is 14.5 Å². The SMILES string of the molecule is O=C(C1CCOCC1)N1CCN(C(=O)C2CCc3n[nH]c(=O)n3C2)CC1. The van der Waals surface area contributed by atoms with Gasteiger partial charge >= 0.3 is 5.69 Å². The number of hydrogen-bond acceptors (Lipinski definition) is 5. The summed E-state index contributed by atoms with van der Waals surface area (Å²) in [6.07, 6.45) is 2.94. The molecule has 0 bridgehead atoms. The average molecular weight is 363 g/mol. The van der Waals surface area contributed by atoms with Crippen molar-refractivity contribution < 1.29 is 14.3 Å². The van der Waals surface area contributed by atoms with Crippen molar-refractivity contribution >= 4 is 11.8 Å². The van der Waals surface area contributed by atoms with Crippen molar-refractivity contribution in [2.24, 2.45) is 11.8 Å². The predicted octanol–water partition coefficient (Wildman–Crippen LogP) is -0.769. The Morgan fingerprint density at radius 3 is 2.23 bits per heavy atom. The number of rotatable bonds is 2. The van der Waals surface area contributed by atoms with Gasteiger partial charge in [0.25, 0.3) is 0 Å². The minimum absolute atomic E-state index is 0.0655. The molecule has 2 saturated heterocycles. The maximum Gasteiger partial charge on any atom is 0.343 e. The van der Waals surface area contributed by atoms with Crippen LogP contribution in [0.2, 0.25) is 0 Å². The zero-order valence-corrected chi connectivity index (χ0v) is 14.9. The van der Waals surface area contributed by atoms with Gasteiger partial charge in [0.15, 0.2) is 0 Å². The van der Waals surface area contributed by atoms with Gasteiger partial charge in [0, 0.05) is 58.3 Å². The maximum atomic E-state index is 12.8. The molecule has 142 valence electrons. The van der Waals surface area contributed by atoms with E-state index in [1.807, 2.05) is 9.80 Å². The van der Waals surface area contributed by atoms with Gasteiger partial charge in [-0.25, -0.2) is 9.89 Å². The van der Waals surface area contributed by atoms with Gasteiger partial charge in [-0.1, -0.05) is 0 Å². The van der Waals surface area contributed by atoms with Crippen LogP contribution in [0.25, 0.3) is 0 Å². The Hall–Kier alpha value is -2.16. The Morgan fingerprint density at radius 2 is 1.58 bits per heavy atom. The fourth-order valence-corrected chi connectivity index (χ4v) is 4.15. The van der Waals surface area contributed by atoms with E-state index in [1.54, 1.807) is 4.57 Å². The summed E-state index contributed by atoms with van der Waals surface area (Å²) < 4.78 is 6.89. The summed E-state index contributed by atoms with van der Waals surface area (Å²) in [6.45, 7) is 4.02. The molecular weight excluding hydrogens is 338 g/mol. The van der Waals surface area contributed by atoms with Gasteiger partial charge in [0.05, 0.1) is 5.92 Å². The lowest BCUT2D eigenvalue weighted by molar-refractivity contribution is -0.146. The number of piperazine rings is 1. The number of aromatic amines is 1. The largest absolute Gasteiger partial charge is 0.381 e. The monoisotopic (exact) mass is 363 g/mol. The summed E-state index contributed by atoms with van der Waals surface area (Å²) in [6, 6.07) is 0. The van der Waals surface area contributed by atoms with Crippen LogP contribution in [0.5, 0.6) is 0 Å². The van der Waals surface area contributed by atoms with Crippen LogP contribution >= 0.6 is 0 Å². The summed E-state index contributed by atoms with van der Waals surface area (Å²) in [5, 5.41) is 6.43. The molecule has 3 aliphatic heterocycles. The number of fused-ring (bicyclic) bond motifs is 1. The summed E-state index contributed by atoms with van der Waals surface area (Å²) in [5.74, 6) is 0.895. The van der Waals surface area contributed by atoms with E-state index in [0.717, 1.165) is 18.7 Å². The molecule has 1 aromatic rings. The molecule has 2 fully saturated rings. The highest BCUT2D eigenvalue weighted by molar-refractivity contribution is 5.81. The zero-order valence-electron chi connectivity index (χ0n) is 14.9. The van der Waals surface area contributed by atoms with Crippen molar-refractivity contribution in [1.82, 2.24) is 24.6 Å². The van der Waals surface area contributed by atoms with E-state index in [4.69, 9.17) is 4.74 Å². The van der Waals surface area contributed by atoms with Crippen LogP contribution in [0.3, 0.4) is 0 Å². The molecule has 26 heavy (non-hydrogen) atoms. The first-order valence-electron chi connectivity index (χ1n) is 9.43. The predicted molar refractivity (Wildman–Crippen MR) is 91.4 cm³/mol. The molecule has 4 rings (SSSR count). The fourth-order valence-electron chi connectivity index (χ4n) is 4.15. The molecule has 2 amide bonds. The smallest absolute Gasteiger partial charge is 0.343 e. The van der Waals surface area contributed by atoms with Crippen molar-refractivity contribution in [1.29, 1.82) is 0 Å². The molecule has 0 spiro atoms. The Morgan fingerprint density at radius 1 is 0.962 bits per heavy atom. The van der Waals surface area contributed by atoms with Crippen LogP contribution in [0, 0.1) is 11.8 Å². The van der Waals surface area contributed by atoms with E-state index >= 15 is 0 Å². The molecule has 1 aromatic heterocycles. The number of carbonyl (C=O) groups is 2. The van der Waals surface area contributed by atoms with E-state index in [0.29, 0.717) is 58.8 Å². The number of aromatic nitrogens is 3. The van der Waals surface area contributed by atoms with E-state index in [-0.39, 0.29) is 29.3 Å². The molecule has 1 unspecified atom stereocenters. The third kappa shape index (κ3) is 3.27. The molecule has 4 heterocycles. The summed E-state index contributed by atoms with van der Waals surface area (Å²) in [4.78, 5) is 40.9. The second-order valence-corrected chi connectivity index (χ2v) is 7.33. The van der Waals surface area contributed by atoms with Gasteiger partial charge in [0.2, 0.25) is 11.8 Å². The highest BCUT2D eigenvalue weighted by Crippen LogP contribution is 2.22. The molecule has 0 aromatic carbocycles. The van der Waals surface area contributed by atoms with Crippen LogP contribution in [0.4, 0.5) is 0 Å². The third-order valence-corrected chi connectivity index (χ3v) is 5.78. The third-order valence-electron chi connectivity index (χ3n) is 5.78. The second-order valence-electron chi connectivity index (χ2n) is 7.33. The minimum Gasteiger partial charge on any atom is -0.381 e. The lowest BCUT2D eigenvalue weighted by Gasteiger charge is -2.38. The van der Waals surface area contributed by atoms with E-state index in [1.165, 1.54) is 0 Å². The molecule has 1 atom stereocenters. The first-order valence-corrected chi connectivity index (χ1v) is 9.43. The summed E-state index contributed by atoms with van der Waals surface area (Å²) in [5.41, 5.74) is -0.246. The number of nitrogens with zero attached hydrogens (tertiary/aromatic N) is 4. The van der Waals surface area contributed by atoms with Crippen LogP contribution in [0.15, 0.2) is 4.79 Å². The van der Waals surface area contributed by atoms with Gasteiger partial charge in [0.1, 0.15) is 5.82 Å². The molecule has 0 saturated carbocycles. The standard InChI is InChI=1S/C17H25N5O4/c23-15(12-3-9-26-10-4-12)20-5-7-21(8-6-20)16(24)13-1-2-14-18-19-17(25)22(14)11-13/h12-13H,1-11H2,(H,19,25). The van der Waals surface area contributed by atoms with Gasteiger partial charge in [-0.3, -0.25) is 14.2 Å². The number of ether oxygens (including phenoxy) is 1. The number of nitrogens with one attached hydrogen (secondary N) is 1. The highest BCUT2D eigenvalue weighted by Gasteiger charge is 2.34. The summed E-state index contributed by atoms with van der Waals surface area (Å²) in [7, 11) is 0. The maximum absolute atomic E-state index is 12.8. The normalized spacial score (nSPS) is 24.4. The molecule has 0 aliphatic carbocycles. The number of H-pyrrole nitrogens is 1. The van der Waals surface area contributed by atoms with Crippen molar-refractivity contribution in [3.63, 3.8) is 0 Å². The lowest BCUT2D eigenvalue weighted by atomic mass is 9.96. The second kappa shape index (κ2) is 7.22. The van der Waals surface area contributed by atoms with Gasteiger partial charge in [-0.05, 0) is 19.3 Å². The average Bonchev–Trinajstić information content (AvgIpc) is 3.08. The van der Waals surface area contributed by atoms with Crippen molar-refractivity contribution in [3.05, 3.63) is 16.3 Å². The Labute approximate surface area is 151 Å². The Balaban J connectivity index is 1.32. The van der Waals surface area contributed by atoms with E-state index in [2.05, 4.69) is 10.2 Å². The Bertz CT molecular complexity index is 728. The Kier molecular flexibility index (Phi) is 4.80. The topological polar surface area (TPSA) is 101 Å². The molecule has 9 nitrogen and oxygen atoms in total. The molecule has 0 radical (unpaired) electrons. The molecular formula is C17H25N5O4.